The maximum Gasteiger partial charge on any atom is 0.126 e. The highest BCUT2D eigenvalue weighted by Gasteiger charge is 2.00. The van der Waals surface area contributed by atoms with Crippen molar-refractivity contribution in [3.63, 3.8) is 0 Å². The molecule has 1 aromatic carbocycles. The van der Waals surface area contributed by atoms with Crippen molar-refractivity contribution >= 4 is 21.5 Å². The van der Waals surface area contributed by atoms with Crippen LogP contribution >= 0.6 is 15.9 Å². The molecule has 64 valence electrons. The molecule has 0 bridgehead atoms. The third-order valence-corrected chi connectivity index (χ3v) is 2.40. The van der Waals surface area contributed by atoms with E-state index in [1.807, 2.05) is 0 Å². The lowest BCUT2D eigenvalue weighted by Gasteiger charge is -2.03. The van der Waals surface area contributed by atoms with Gasteiger partial charge in [0.15, 0.2) is 0 Å². The second-order valence-electron chi connectivity index (χ2n) is 2.70. The van der Waals surface area contributed by atoms with Crippen molar-refractivity contribution in [3.8, 4) is 0 Å². The van der Waals surface area contributed by atoms with Crippen LogP contribution in [0.4, 0.5) is 4.39 Å². The minimum Gasteiger partial charge on any atom is -0.207 e. The highest BCUT2D eigenvalue weighted by Crippen LogP contribution is 2.17. The highest BCUT2D eigenvalue weighted by atomic mass is 79.9. The summed E-state index contributed by atoms with van der Waals surface area (Å²) < 4.78 is 12.8. The third kappa shape index (κ3) is 1.95. The van der Waals surface area contributed by atoms with E-state index < -0.39 is 0 Å². The lowest BCUT2D eigenvalue weighted by Crippen LogP contribution is -1.87. The van der Waals surface area contributed by atoms with Gasteiger partial charge in [-0.05, 0) is 35.8 Å². The monoisotopic (exact) mass is 228 g/mol. The normalized spacial score (nSPS) is 9.92. The minimum atomic E-state index is -0.166. The quantitative estimate of drug-likeness (QED) is 0.680. The van der Waals surface area contributed by atoms with Gasteiger partial charge in [-0.1, -0.05) is 28.6 Å². The second-order valence-corrected chi connectivity index (χ2v) is 3.26. The Morgan fingerprint density at radius 3 is 2.75 bits per heavy atom. The van der Waals surface area contributed by atoms with E-state index in [0.29, 0.717) is 5.56 Å². The van der Waals surface area contributed by atoms with Gasteiger partial charge in [0.05, 0.1) is 0 Å². The molecular weight excluding hydrogens is 219 g/mol. The van der Waals surface area contributed by atoms with Crippen LogP contribution < -0.4 is 0 Å². The molecule has 0 aromatic heterocycles. The number of allylic oxidation sites excluding steroid dienone is 1. The van der Waals surface area contributed by atoms with Gasteiger partial charge in [0.1, 0.15) is 5.82 Å². The maximum absolute atomic E-state index is 12.8. The Balaban J connectivity index is 3.05. The van der Waals surface area contributed by atoms with Crippen LogP contribution in [0.3, 0.4) is 0 Å². The largest absolute Gasteiger partial charge is 0.207 e. The van der Waals surface area contributed by atoms with E-state index in [1.165, 1.54) is 6.07 Å². The summed E-state index contributed by atoms with van der Waals surface area (Å²) in [5.74, 6) is -0.166. The van der Waals surface area contributed by atoms with Crippen molar-refractivity contribution in [3.05, 3.63) is 41.7 Å². The van der Waals surface area contributed by atoms with Crippen LogP contribution in [0.25, 0.3) is 5.57 Å². The summed E-state index contributed by atoms with van der Waals surface area (Å²) >= 11 is 3.30. The Kier molecular flexibility index (Phi) is 3.04. The van der Waals surface area contributed by atoms with Crippen molar-refractivity contribution in [1.29, 1.82) is 0 Å². The van der Waals surface area contributed by atoms with Crippen LogP contribution in [-0.4, -0.2) is 5.33 Å². The smallest absolute Gasteiger partial charge is 0.126 e. The highest BCUT2D eigenvalue weighted by molar-refractivity contribution is 9.09. The van der Waals surface area contributed by atoms with Gasteiger partial charge >= 0.3 is 0 Å². The zero-order valence-corrected chi connectivity index (χ0v) is 8.49. The molecule has 12 heavy (non-hydrogen) atoms. The van der Waals surface area contributed by atoms with Crippen molar-refractivity contribution in [1.82, 2.24) is 0 Å². The van der Waals surface area contributed by atoms with Crippen LogP contribution in [-0.2, 0) is 0 Å². The molecule has 1 aromatic rings. The first-order valence-electron chi connectivity index (χ1n) is 3.65. The molecule has 0 saturated heterocycles. The number of rotatable bonds is 2. The van der Waals surface area contributed by atoms with E-state index >= 15 is 0 Å². The molecule has 0 aliphatic heterocycles. The zero-order chi connectivity index (χ0) is 9.14. The third-order valence-electron chi connectivity index (χ3n) is 1.73. The molecule has 0 unspecified atom stereocenters. The summed E-state index contributed by atoms with van der Waals surface area (Å²) in [5, 5.41) is 0.720. The first kappa shape index (κ1) is 9.46. The van der Waals surface area contributed by atoms with Gasteiger partial charge in [0, 0.05) is 5.33 Å². The van der Waals surface area contributed by atoms with Crippen LogP contribution in [0, 0.1) is 12.7 Å². The van der Waals surface area contributed by atoms with Crippen LogP contribution in [0.15, 0.2) is 24.8 Å². The fourth-order valence-electron chi connectivity index (χ4n) is 0.942. The molecule has 0 amide bonds. The van der Waals surface area contributed by atoms with Gasteiger partial charge in [-0.3, -0.25) is 0 Å². The molecule has 0 spiro atoms. The van der Waals surface area contributed by atoms with Crippen LogP contribution in [0.2, 0.25) is 0 Å². The van der Waals surface area contributed by atoms with Gasteiger partial charge in [-0.25, -0.2) is 4.39 Å². The number of benzene rings is 1. The topological polar surface area (TPSA) is 0 Å². The minimum absolute atomic E-state index is 0.166. The first-order valence-corrected chi connectivity index (χ1v) is 4.77. The van der Waals surface area contributed by atoms with Crippen molar-refractivity contribution in [2.75, 3.05) is 5.33 Å². The van der Waals surface area contributed by atoms with E-state index in [9.17, 15) is 4.39 Å². The summed E-state index contributed by atoms with van der Waals surface area (Å²) in [6.45, 7) is 5.60. The average molecular weight is 229 g/mol. The van der Waals surface area contributed by atoms with Gasteiger partial charge in [0.25, 0.3) is 0 Å². The van der Waals surface area contributed by atoms with Gasteiger partial charge in [-0.2, -0.15) is 0 Å². The van der Waals surface area contributed by atoms with Crippen molar-refractivity contribution in [2.24, 2.45) is 0 Å². The summed E-state index contributed by atoms with van der Waals surface area (Å²) in [4.78, 5) is 0. The SMILES string of the molecule is C=C(CBr)c1ccc(F)c(C)c1. The Bertz CT molecular complexity index is 305. The number of halogens is 2. The predicted octanol–water partition coefficient (Wildman–Crippen LogP) is 3.54. The molecule has 0 nitrogen and oxygen atoms in total. The standard InChI is InChI=1S/C10H10BrF/c1-7-5-9(8(2)6-11)3-4-10(7)12/h3-5H,2,6H2,1H3. The molecule has 0 aliphatic carbocycles. The summed E-state index contributed by atoms with van der Waals surface area (Å²) in [5.41, 5.74) is 2.62. The zero-order valence-electron chi connectivity index (χ0n) is 6.90. The molecule has 1 rings (SSSR count). The maximum atomic E-state index is 12.8. The molecule has 0 radical (unpaired) electrons. The van der Waals surface area contributed by atoms with Gasteiger partial charge in [-0.15, -0.1) is 0 Å². The Hall–Kier alpha value is -0.630. The summed E-state index contributed by atoms with van der Waals surface area (Å²) in [6.07, 6.45) is 0. The van der Waals surface area contributed by atoms with E-state index in [-0.39, 0.29) is 5.82 Å². The average Bonchev–Trinajstić information content (AvgIpc) is 2.08. The molecular formula is C10H10BrF. The van der Waals surface area contributed by atoms with E-state index in [4.69, 9.17) is 0 Å². The van der Waals surface area contributed by atoms with Gasteiger partial charge < -0.3 is 0 Å². The fourth-order valence-corrected chi connectivity index (χ4v) is 1.27. The number of hydrogen-bond acceptors (Lipinski definition) is 0. The summed E-state index contributed by atoms with van der Waals surface area (Å²) in [6, 6.07) is 5.02. The van der Waals surface area contributed by atoms with Crippen molar-refractivity contribution in [2.45, 2.75) is 6.92 Å². The lowest BCUT2D eigenvalue weighted by molar-refractivity contribution is 0.618. The van der Waals surface area contributed by atoms with Crippen LogP contribution in [0.5, 0.6) is 0 Å². The Morgan fingerprint density at radius 1 is 1.58 bits per heavy atom. The lowest BCUT2D eigenvalue weighted by atomic mass is 10.1. The number of alkyl halides is 1. The number of aryl methyl sites for hydroxylation is 1. The molecule has 2 heteroatoms. The second kappa shape index (κ2) is 3.85. The van der Waals surface area contributed by atoms with Crippen LogP contribution in [0.1, 0.15) is 11.1 Å². The van der Waals surface area contributed by atoms with Crippen molar-refractivity contribution < 1.29 is 4.39 Å². The number of hydrogen-bond donors (Lipinski definition) is 0. The predicted molar refractivity (Wildman–Crippen MR) is 54.0 cm³/mol. The van der Waals surface area contributed by atoms with E-state index in [2.05, 4.69) is 22.5 Å². The van der Waals surface area contributed by atoms with Gasteiger partial charge in [0.2, 0.25) is 0 Å². The van der Waals surface area contributed by atoms with E-state index in [1.54, 1.807) is 19.1 Å². The molecule has 0 saturated carbocycles. The van der Waals surface area contributed by atoms with E-state index in [0.717, 1.165) is 16.5 Å². The molecule has 0 atom stereocenters. The molecule has 0 fully saturated rings. The fraction of sp³-hybridized carbons (Fsp3) is 0.200. The Morgan fingerprint density at radius 2 is 2.25 bits per heavy atom. The Labute approximate surface area is 80.2 Å². The first-order chi connectivity index (χ1) is 5.65. The molecule has 0 heterocycles. The summed E-state index contributed by atoms with van der Waals surface area (Å²) in [7, 11) is 0. The molecule has 0 aliphatic rings. The molecule has 0 N–H and O–H groups in total.